The van der Waals surface area contributed by atoms with Crippen LogP contribution in [0, 0.1) is 5.92 Å². The van der Waals surface area contributed by atoms with Gasteiger partial charge in [-0.25, -0.2) is 0 Å². The molecular formula is C12H15ClF3NO. The summed E-state index contributed by atoms with van der Waals surface area (Å²) >= 11 is 0. The highest BCUT2D eigenvalue weighted by atomic mass is 35.5. The molecular weight excluding hydrogens is 267 g/mol. The van der Waals surface area contributed by atoms with Gasteiger partial charge in [0, 0.05) is 6.04 Å². The van der Waals surface area contributed by atoms with Gasteiger partial charge in [-0.05, 0) is 30.0 Å². The average molecular weight is 282 g/mol. The van der Waals surface area contributed by atoms with Gasteiger partial charge in [-0.1, -0.05) is 25.0 Å². The number of alkyl halides is 3. The van der Waals surface area contributed by atoms with Gasteiger partial charge >= 0.3 is 6.36 Å². The van der Waals surface area contributed by atoms with Gasteiger partial charge in [0.1, 0.15) is 5.75 Å². The Morgan fingerprint density at radius 3 is 2.56 bits per heavy atom. The second-order valence-electron chi connectivity index (χ2n) is 4.41. The lowest BCUT2D eigenvalue weighted by Gasteiger charge is -2.14. The van der Waals surface area contributed by atoms with Crippen molar-refractivity contribution >= 4 is 12.4 Å². The highest BCUT2D eigenvalue weighted by Gasteiger charge is 2.31. The third kappa shape index (κ3) is 4.74. The van der Waals surface area contributed by atoms with Crippen molar-refractivity contribution in [2.24, 2.45) is 11.7 Å². The third-order valence-electron chi connectivity index (χ3n) is 2.80. The molecule has 1 aliphatic carbocycles. The first kappa shape index (κ1) is 15.1. The first-order chi connectivity index (χ1) is 7.94. The van der Waals surface area contributed by atoms with Gasteiger partial charge in [-0.2, -0.15) is 0 Å². The van der Waals surface area contributed by atoms with E-state index in [2.05, 4.69) is 4.74 Å². The summed E-state index contributed by atoms with van der Waals surface area (Å²) in [5, 5.41) is 0. The Hall–Kier alpha value is -0.940. The molecule has 0 radical (unpaired) electrons. The summed E-state index contributed by atoms with van der Waals surface area (Å²) in [6.07, 6.45) is -1.48. The van der Waals surface area contributed by atoms with E-state index in [9.17, 15) is 13.2 Å². The molecule has 0 bridgehead atoms. The molecule has 0 spiro atoms. The smallest absolute Gasteiger partial charge is 0.406 e. The van der Waals surface area contributed by atoms with Crippen LogP contribution in [0.3, 0.4) is 0 Å². The number of rotatable bonds is 4. The Morgan fingerprint density at radius 1 is 1.33 bits per heavy atom. The maximum Gasteiger partial charge on any atom is 0.573 e. The van der Waals surface area contributed by atoms with Crippen LogP contribution >= 0.6 is 12.4 Å². The zero-order chi connectivity index (χ0) is 12.5. The number of hydrogen-bond donors (Lipinski definition) is 1. The molecule has 0 aromatic heterocycles. The van der Waals surface area contributed by atoms with Gasteiger partial charge in [0.2, 0.25) is 0 Å². The van der Waals surface area contributed by atoms with Crippen LogP contribution in [0.4, 0.5) is 13.2 Å². The van der Waals surface area contributed by atoms with Crippen molar-refractivity contribution in [2.45, 2.75) is 31.7 Å². The molecule has 0 amide bonds. The molecule has 2 N–H and O–H groups in total. The maximum atomic E-state index is 12.0. The molecule has 102 valence electrons. The minimum atomic E-state index is -4.65. The van der Waals surface area contributed by atoms with Gasteiger partial charge in [0.25, 0.3) is 0 Å². The van der Waals surface area contributed by atoms with Gasteiger partial charge in [-0.3, -0.25) is 0 Å². The van der Waals surface area contributed by atoms with E-state index in [1.54, 1.807) is 6.07 Å². The van der Waals surface area contributed by atoms with Crippen LogP contribution in [0.25, 0.3) is 0 Å². The average Bonchev–Trinajstić information content (AvgIpc) is 2.99. The summed E-state index contributed by atoms with van der Waals surface area (Å²) in [5.41, 5.74) is 6.62. The molecule has 1 aromatic carbocycles. The van der Waals surface area contributed by atoms with Gasteiger partial charge in [-0.15, -0.1) is 25.6 Å². The largest absolute Gasteiger partial charge is 0.573 e. The van der Waals surface area contributed by atoms with E-state index in [0.717, 1.165) is 6.42 Å². The molecule has 2 nitrogen and oxygen atoms in total. The number of ether oxygens (including phenoxy) is 1. The second-order valence-corrected chi connectivity index (χ2v) is 4.41. The highest BCUT2D eigenvalue weighted by Crippen LogP contribution is 2.37. The zero-order valence-corrected chi connectivity index (χ0v) is 10.4. The summed E-state index contributed by atoms with van der Waals surface area (Å²) in [6, 6.07) is 5.69. The molecule has 1 saturated carbocycles. The van der Waals surface area contributed by atoms with Crippen molar-refractivity contribution in [2.75, 3.05) is 0 Å². The van der Waals surface area contributed by atoms with Crippen molar-refractivity contribution in [1.29, 1.82) is 0 Å². The molecule has 1 aliphatic rings. The van der Waals surface area contributed by atoms with Crippen LogP contribution in [0.15, 0.2) is 24.3 Å². The van der Waals surface area contributed by atoms with E-state index in [1.807, 2.05) is 0 Å². The summed E-state index contributed by atoms with van der Waals surface area (Å²) in [6.45, 7) is 0. The summed E-state index contributed by atoms with van der Waals surface area (Å²) < 4.78 is 40.0. The molecule has 2 rings (SSSR count). The standard InChI is InChI=1S/C12H14F3NO.ClH/c13-12(14,15)17-10-3-1-2-9(7-10)11(16)6-8-4-5-8;/h1-3,7-8,11H,4-6,16H2;1H/t11-;/m1./s1. The molecule has 1 fully saturated rings. The summed E-state index contributed by atoms with van der Waals surface area (Å²) in [4.78, 5) is 0. The van der Waals surface area contributed by atoms with Gasteiger partial charge in [0.05, 0.1) is 0 Å². The SMILES string of the molecule is Cl.N[C@H](CC1CC1)c1cccc(OC(F)(F)F)c1. The third-order valence-corrected chi connectivity index (χ3v) is 2.80. The quantitative estimate of drug-likeness (QED) is 0.911. The van der Waals surface area contributed by atoms with Crippen LogP contribution in [0.2, 0.25) is 0 Å². The van der Waals surface area contributed by atoms with Gasteiger partial charge in [0.15, 0.2) is 0 Å². The maximum absolute atomic E-state index is 12.0. The monoisotopic (exact) mass is 281 g/mol. The first-order valence-corrected chi connectivity index (χ1v) is 5.55. The van der Waals surface area contributed by atoms with E-state index in [4.69, 9.17) is 5.73 Å². The van der Waals surface area contributed by atoms with E-state index in [1.165, 1.54) is 31.0 Å². The van der Waals surface area contributed by atoms with Crippen LogP contribution < -0.4 is 10.5 Å². The van der Waals surface area contributed by atoms with Crippen LogP contribution in [-0.4, -0.2) is 6.36 Å². The van der Waals surface area contributed by atoms with Crippen LogP contribution in [0.1, 0.15) is 30.9 Å². The molecule has 18 heavy (non-hydrogen) atoms. The molecule has 0 saturated heterocycles. The van der Waals surface area contributed by atoms with Crippen molar-refractivity contribution in [3.63, 3.8) is 0 Å². The number of benzene rings is 1. The van der Waals surface area contributed by atoms with E-state index in [0.29, 0.717) is 11.5 Å². The van der Waals surface area contributed by atoms with E-state index < -0.39 is 6.36 Å². The van der Waals surface area contributed by atoms with Crippen molar-refractivity contribution in [1.82, 2.24) is 0 Å². The molecule has 0 unspecified atom stereocenters. The van der Waals surface area contributed by atoms with Crippen molar-refractivity contribution in [3.05, 3.63) is 29.8 Å². The molecule has 6 heteroatoms. The summed E-state index contributed by atoms with van der Waals surface area (Å²) in [5.74, 6) is 0.429. The fraction of sp³-hybridized carbons (Fsp3) is 0.500. The van der Waals surface area contributed by atoms with E-state index >= 15 is 0 Å². The van der Waals surface area contributed by atoms with Crippen LogP contribution in [0.5, 0.6) is 5.75 Å². The van der Waals surface area contributed by atoms with Crippen molar-refractivity contribution < 1.29 is 17.9 Å². The summed E-state index contributed by atoms with van der Waals surface area (Å²) in [7, 11) is 0. The Kier molecular flexibility index (Phi) is 4.87. The zero-order valence-electron chi connectivity index (χ0n) is 9.61. The Labute approximate surface area is 110 Å². The molecule has 0 aliphatic heterocycles. The number of nitrogens with two attached hydrogens (primary N) is 1. The Bertz CT molecular complexity index is 393. The topological polar surface area (TPSA) is 35.2 Å². The lowest BCUT2D eigenvalue weighted by Crippen LogP contribution is -2.18. The van der Waals surface area contributed by atoms with Crippen LogP contribution in [-0.2, 0) is 0 Å². The predicted octanol–water partition coefficient (Wildman–Crippen LogP) is 3.81. The number of halogens is 4. The highest BCUT2D eigenvalue weighted by molar-refractivity contribution is 5.85. The Balaban J connectivity index is 0.00000162. The fourth-order valence-electron chi connectivity index (χ4n) is 1.79. The lowest BCUT2D eigenvalue weighted by atomic mass is 10.0. The molecule has 0 heterocycles. The normalized spacial score (nSPS) is 16.9. The second kappa shape index (κ2) is 5.80. The minimum Gasteiger partial charge on any atom is -0.406 e. The molecule has 1 atom stereocenters. The number of hydrogen-bond acceptors (Lipinski definition) is 2. The fourth-order valence-corrected chi connectivity index (χ4v) is 1.79. The predicted molar refractivity (Wildman–Crippen MR) is 64.6 cm³/mol. The first-order valence-electron chi connectivity index (χ1n) is 5.55. The Morgan fingerprint density at radius 2 is 2.00 bits per heavy atom. The molecule has 1 aromatic rings. The van der Waals surface area contributed by atoms with Gasteiger partial charge < -0.3 is 10.5 Å². The van der Waals surface area contributed by atoms with E-state index in [-0.39, 0.29) is 24.2 Å². The van der Waals surface area contributed by atoms with Crippen molar-refractivity contribution in [3.8, 4) is 5.75 Å². The lowest BCUT2D eigenvalue weighted by molar-refractivity contribution is -0.274. The minimum absolute atomic E-state index is 0.